The molecule has 2 rings (SSSR count). The van der Waals surface area contributed by atoms with Crippen molar-refractivity contribution in [3.63, 3.8) is 0 Å². The maximum Gasteiger partial charge on any atom is 0.329 e. The van der Waals surface area contributed by atoms with E-state index in [1.54, 1.807) is 18.2 Å². The van der Waals surface area contributed by atoms with Crippen LogP contribution in [0.5, 0.6) is 5.75 Å². The van der Waals surface area contributed by atoms with Crippen molar-refractivity contribution in [3.8, 4) is 5.75 Å². The smallest absolute Gasteiger partial charge is 0.329 e. The number of amides is 3. The van der Waals surface area contributed by atoms with Crippen LogP contribution in [0.2, 0.25) is 0 Å². The summed E-state index contributed by atoms with van der Waals surface area (Å²) in [4.78, 5) is 24.2. The number of carbonyl (C=O) groups is 2. The van der Waals surface area contributed by atoms with Gasteiger partial charge in [-0.25, -0.2) is 9.69 Å². The van der Waals surface area contributed by atoms with Gasteiger partial charge in [-0.1, -0.05) is 0 Å². The van der Waals surface area contributed by atoms with Crippen LogP contribution in [0.4, 0.5) is 10.5 Å². The number of hydrogen-bond donors (Lipinski definition) is 2. The lowest BCUT2D eigenvalue weighted by molar-refractivity contribution is -0.115. The van der Waals surface area contributed by atoms with E-state index in [2.05, 4.69) is 5.32 Å². The second kappa shape index (κ2) is 5.05. The van der Waals surface area contributed by atoms with E-state index in [1.165, 1.54) is 0 Å². The number of rotatable bonds is 4. The highest BCUT2D eigenvalue weighted by Crippen LogP contribution is 2.26. The minimum Gasteiger partial charge on any atom is -0.494 e. The molecule has 1 aromatic rings. The number of nitrogens with two attached hydrogens (primary N) is 1. The SMILES string of the molecule is CCOc1ccc(N2C(=O)CNC2=O)cc1CN. The van der Waals surface area contributed by atoms with E-state index in [-0.39, 0.29) is 19.0 Å². The van der Waals surface area contributed by atoms with E-state index in [1.807, 2.05) is 6.92 Å². The van der Waals surface area contributed by atoms with Crippen LogP contribution in [-0.4, -0.2) is 25.1 Å². The van der Waals surface area contributed by atoms with E-state index in [0.29, 0.717) is 18.0 Å². The molecule has 1 aliphatic heterocycles. The number of nitrogens with one attached hydrogen (secondary N) is 1. The summed E-state index contributed by atoms with van der Waals surface area (Å²) >= 11 is 0. The number of urea groups is 1. The summed E-state index contributed by atoms with van der Waals surface area (Å²) in [5.74, 6) is 0.405. The van der Waals surface area contributed by atoms with Gasteiger partial charge in [-0.05, 0) is 25.1 Å². The zero-order valence-corrected chi connectivity index (χ0v) is 10.1. The average molecular weight is 249 g/mol. The summed E-state index contributed by atoms with van der Waals surface area (Å²) in [6.07, 6.45) is 0. The Kier molecular flexibility index (Phi) is 3.47. The molecule has 6 heteroatoms. The lowest BCUT2D eigenvalue weighted by Crippen LogP contribution is -2.30. The molecule has 0 spiro atoms. The van der Waals surface area contributed by atoms with Crippen LogP contribution in [0.15, 0.2) is 18.2 Å². The minimum absolute atomic E-state index is 0.0317. The quantitative estimate of drug-likeness (QED) is 0.765. The van der Waals surface area contributed by atoms with E-state index >= 15 is 0 Å². The van der Waals surface area contributed by atoms with E-state index in [4.69, 9.17) is 10.5 Å². The average Bonchev–Trinajstić information content (AvgIpc) is 2.70. The van der Waals surface area contributed by atoms with Crippen LogP contribution >= 0.6 is 0 Å². The largest absolute Gasteiger partial charge is 0.494 e. The fourth-order valence-electron chi connectivity index (χ4n) is 1.84. The number of imide groups is 1. The highest BCUT2D eigenvalue weighted by atomic mass is 16.5. The predicted molar refractivity (Wildman–Crippen MR) is 66.4 cm³/mol. The number of benzene rings is 1. The van der Waals surface area contributed by atoms with Crippen molar-refractivity contribution < 1.29 is 14.3 Å². The predicted octanol–water partition coefficient (Wildman–Crippen LogP) is 0.600. The Morgan fingerprint density at radius 1 is 1.44 bits per heavy atom. The van der Waals surface area contributed by atoms with Crippen LogP contribution in [0.3, 0.4) is 0 Å². The number of ether oxygens (including phenoxy) is 1. The second-order valence-corrected chi connectivity index (χ2v) is 3.82. The molecule has 0 radical (unpaired) electrons. The molecule has 1 saturated heterocycles. The van der Waals surface area contributed by atoms with Crippen LogP contribution in [0.25, 0.3) is 0 Å². The summed E-state index contributed by atoms with van der Waals surface area (Å²) in [6, 6.07) is 4.69. The van der Waals surface area contributed by atoms with Gasteiger partial charge < -0.3 is 15.8 Å². The van der Waals surface area contributed by atoms with Gasteiger partial charge in [-0.15, -0.1) is 0 Å². The van der Waals surface area contributed by atoms with Gasteiger partial charge in [-0.2, -0.15) is 0 Å². The Morgan fingerprint density at radius 2 is 2.22 bits per heavy atom. The first-order valence-corrected chi connectivity index (χ1v) is 5.74. The molecule has 3 amide bonds. The van der Waals surface area contributed by atoms with Crippen LogP contribution < -0.4 is 20.7 Å². The minimum atomic E-state index is -0.410. The lowest BCUT2D eigenvalue weighted by atomic mass is 10.1. The highest BCUT2D eigenvalue weighted by Gasteiger charge is 2.30. The first-order chi connectivity index (χ1) is 8.67. The summed E-state index contributed by atoms with van der Waals surface area (Å²) < 4.78 is 5.42. The van der Waals surface area contributed by atoms with Gasteiger partial charge in [0.1, 0.15) is 5.75 Å². The molecule has 0 saturated carbocycles. The fourth-order valence-corrected chi connectivity index (χ4v) is 1.84. The zero-order chi connectivity index (χ0) is 13.1. The first kappa shape index (κ1) is 12.4. The second-order valence-electron chi connectivity index (χ2n) is 3.82. The third kappa shape index (κ3) is 2.14. The monoisotopic (exact) mass is 249 g/mol. The highest BCUT2D eigenvalue weighted by molar-refractivity contribution is 6.19. The molecular formula is C12H15N3O3. The maximum absolute atomic E-state index is 11.6. The molecular weight excluding hydrogens is 234 g/mol. The lowest BCUT2D eigenvalue weighted by Gasteiger charge is -2.15. The van der Waals surface area contributed by atoms with Gasteiger partial charge in [0, 0.05) is 12.1 Å². The molecule has 1 heterocycles. The summed E-state index contributed by atoms with van der Waals surface area (Å²) in [5, 5.41) is 2.47. The molecule has 0 atom stereocenters. The van der Waals surface area contributed by atoms with Crippen molar-refractivity contribution in [2.45, 2.75) is 13.5 Å². The van der Waals surface area contributed by atoms with Gasteiger partial charge in [0.2, 0.25) is 0 Å². The van der Waals surface area contributed by atoms with Crippen LogP contribution in [-0.2, 0) is 11.3 Å². The molecule has 0 aliphatic carbocycles. The van der Waals surface area contributed by atoms with E-state index < -0.39 is 6.03 Å². The van der Waals surface area contributed by atoms with Crippen LogP contribution in [0, 0.1) is 0 Å². The zero-order valence-electron chi connectivity index (χ0n) is 10.1. The van der Waals surface area contributed by atoms with Gasteiger partial charge in [0.15, 0.2) is 0 Å². The molecule has 96 valence electrons. The summed E-state index contributed by atoms with van der Waals surface area (Å²) in [5.41, 5.74) is 6.91. The molecule has 1 aliphatic rings. The Hall–Kier alpha value is -2.08. The Morgan fingerprint density at radius 3 is 2.78 bits per heavy atom. The van der Waals surface area contributed by atoms with Gasteiger partial charge >= 0.3 is 6.03 Å². The molecule has 0 aromatic heterocycles. The van der Waals surface area contributed by atoms with Crippen molar-refractivity contribution in [2.75, 3.05) is 18.1 Å². The molecule has 18 heavy (non-hydrogen) atoms. The fraction of sp³-hybridized carbons (Fsp3) is 0.333. The maximum atomic E-state index is 11.6. The van der Waals surface area contributed by atoms with Gasteiger partial charge in [0.05, 0.1) is 18.8 Å². The molecule has 6 nitrogen and oxygen atoms in total. The Labute approximate surface area is 105 Å². The Bertz CT molecular complexity index is 471. The Balaban J connectivity index is 2.35. The molecule has 0 bridgehead atoms. The van der Waals surface area contributed by atoms with Crippen molar-refractivity contribution in [2.24, 2.45) is 5.73 Å². The summed E-state index contributed by atoms with van der Waals surface area (Å²) in [6.45, 7) is 2.73. The van der Waals surface area contributed by atoms with Gasteiger partial charge in [0.25, 0.3) is 5.91 Å². The topological polar surface area (TPSA) is 84.7 Å². The molecule has 1 fully saturated rings. The van der Waals surface area contributed by atoms with Crippen LogP contribution in [0.1, 0.15) is 12.5 Å². The third-order valence-corrected chi connectivity index (χ3v) is 2.67. The van der Waals surface area contributed by atoms with E-state index in [9.17, 15) is 9.59 Å². The molecule has 1 aromatic carbocycles. The normalized spacial score (nSPS) is 14.9. The molecule has 3 N–H and O–H groups in total. The number of hydrogen-bond acceptors (Lipinski definition) is 4. The standard InChI is InChI=1S/C12H15N3O3/c1-2-18-10-4-3-9(5-8(10)6-13)15-11(16)7-14-12(15)17/h3-5H,2,6-7,13H2,1H3,(H,14,17). The number of nitrogens with zero attached hydrogens (tertiary/aromatic N) is 1. The number of anilines is 1. The molecule has 0 unspecified atom stereocenters. The van der Waals surface area contributed by atoms with Crippen molar-refractivity contribution in [1.29, 1.82) is 0 Å². The van der Waals surface area contributed by atoms with Crippen molar-refractivity contribution >= 4 is 17.6 Å². The van der Waals surface area contributed by atoms with Crippen molar-refractivity contribution in [1.82, 2.24) is 5.32 Å². The number of carbonyl (C=O) groups excluding carboxylic acids is 2. The third-order valence-electron chi connectivity index (χ3n) is 2.67. The van der Waals surface area contributed by atoms with E-state index in [0.717, 1.165) is 10.5 Å². The summed E-state index contributed by atoms with van der Waals surface area (Å²) in [7, 11) is 0. The first-order valence-electron chi connectivity index (χ1n) is 5.74. The van der Waals surface area contributed by atoms with Crippen molar-refractivity contribution in [3.05, 3.63) is 23.8 Å². The van der Waals surface area contributed by atoms with Gasteiger partial charge in [-0.3, -0.25) is 4.79 Å².